The predicted molar refractivity (Wildman–Crippen MR) is 104 cm³/mol. The molecule has 0 aliphatic rings. The van der Waals surface area contributed by atoms with E-state index in [1.54, 1.807) is 7.11 Å². The van der Waals surface area contributed by atoms with Gasteiger partial charge < -0.3 is 4.84 Å². The summed E-state index contributed by atoms with van der Waals surface area (Å²) in [5, 5.41) is 0. The summed E-state index contributed by atoms with van der Waals surface area (Å²) >= 11 is 0. The maximum absolute atomic E-state index is 4.96. The third-order valence-electron chi connectivity index (χ3n) is 5.39. The fourth-order valence-corrected chi connectivity index (χ4v) is 3.56. The second-order valence-corrected chi connectivity index (χ2v) is 7.28. The molecule has 1 N–H and O–H groups in total. The molecule has 0 bridgehead atoms. The van der Waals surface area contributed by atoms with Crippen molar-refractivity contribution in [3.05, 3.63) is 0 Å². The molecule has 0 aliphatic heterocycles. The molecule has 0 spiro atoms. The van der Waals surface area contributed by atoms with Gasteiger partial charge in [0.25, 0.3) is 0 Å². The van der Waals surface area contributed by atoms with Gasteiger partial charge in [0.05, 0.1) is 7.11 Å². The Morgan fingerprint density at radius 1 is 0.652 bits per heavy atom. The lowest BCUT2D eigenvalue weighted by atomic mass is 9.92. The number of nitrogens with one attached hydrogen (secondary N) is 1. The molecule has 0 aromatic rings. The molecule has 0 aromatic carbocycles. The molecule has 1 atom stereocenters. The minimum absolute atomic E-state index is 0.896. The van der Waals surface area contributed by atoms with Gasteiger partial charge in [0.15, 0.2) is 0 Å². The first-order valence-corrected chi connectivity index (χ1v) is 10.5. The summed E-state index contributed by atoms with van der Waals surface area (Å²) in [6.07, 6.45) is 19.6. The fraction of sp³-hybridized carbons (Fsp3) is 1.00. The lowest BCUT2D eigenvalue weighted by Crippen LogP contribution is -2.17. The second kappa shape index (κ2) is 18.3. The zero-order valence-electron chi connectivity index (χ0n) is 16.7. The molecule has 0 rings (SSSR count). The Labute approximate surface area is 147 Å². The third kappa shape index (κ3) is 15.2. The van der Waals surface area contributed by atoms with E-state index in [-0.39, 0.29) is 0 Å². The normalized spacial score (nSPS) is 12.9. The van der Waals surface area contributed by atoms with Crippen molar-refractivity contribution in [2.75, 3.05) is 13.7 Å². The van der Waals surface area contributed by atoms with Crippen molar-refractivity contribution in [1.29, 1.82) is 0 Å². The summed E-state index contributed by atoms with van der Waals surface area (Å²) in [4.78, 5) is 4.96. The molecule has 140 valence electrons. The van der Waals surface area contributed by atoms with Gasteiger partial charge in [-0.15, -0.1) is 0 Å². The standard InChI is InChI=1S/C21H45NO/c1-5-8-15-21(18-19-22-23-4)17-14-12-10-9-11-13-16-20(6-2)7-3/h20-22H,5-19H2,1-4H3. The van der Waals surface area contributed by atoms with Crippen molar-refractivity contribution in [3.8, 4) is 0 Å². The lowest BCUT2D eigenvalue weighted by Gasteiger charge is -2.16. The van der Waals surface area contributed by atoms with Crippen LogP contribution in [0.3, 0.4) is 0 Å². The quantitative estimate of drug-likeness (QED) is 0.218. The number of unbranched alkanes of at least 4 members (excludes halogenated alkanes) is 6. The van der Waals surface area contributed by atoms with Gasteiger partial charge in [0.1, 0.15) is 0 Å². The molecule has 2 heteroatoms. The summed E-state index contributed by atoms with van der Waals surface area (Å²) in [6, 6.07) is 0. The maximum Gasteiger partial charge on any atom is 0.0572 e. The van der Waals surface area contributed by atoms with Gasteiger partial charge in [0, 0.05) is 6.54 Å². The molecule has 0 heterocycles. The lowest BCUT2D eigenvalue weighted by molar-refractivity contribution is 0.0862. The Balaban J connectivity index is 3.53. The van der Waals surface area contributed by atoms with E-state index in [1.165, 1.54) is 89.9 Å². The van der Waals surface area contributed by atoms with Gasteiger partial charge >= 0.3 is 0 Å². The molecular formula is C21H45NO. The highest BCUT2D eigenvalue weighted by atomic mass is 16.6. The van der Waals surface area contributed by atoms with Crippen LogP contribution >= 0.6 is 0 Å². The van der Waals surface area contributed by atoms with Crippen molar-refractivity contribution >= 4 is 0 Å². The van der Waals surface area contributed by atoms with Gasteiger partial charge in [-0.1, -0.05) is 104 Å². The molecule has 0 aromatic heterocycles. The van der Waals surface area contributed by atoms with Crippen molar-refractivity contribution < 1.29 is 4.84 Å². The van der Waals surface area contributed by atoms with Crippen molar-refractivity contribution in [2.45, 2.75) is 111 Å². The first-order valence-electron chi connectivity index (χ1n) is 10.5. The van der Waals surface area contributed by atoms with E-state index in [0.29, 0.717) is 0 Å². The molecule has 1 unspecified atom stereocenters. The smallest absolute Gasteiger partial charge is 0.0572 e. The highest BCUT2D eigenvalue weighted by Gasteiger charge is 2.08. The molecule has 0 saturated carbocycles. The monoisotopic (exact) mass is 327 g/mol. The van der Waals surface area contributed by atoms with Crippen LogP contribution in [0.4, 0.5) is 0 Å². The van der Waals surface area contributed by atoms with E-state index < -0.39 is 0 Å². The molecule has 0 radical (unpaired) electrons. The van der Waals surface area contributed by atoms with Crippen LogP contribution in [0.25, 0.3) is 0 Å². The number of rotatable bonds is 18. The first-order chi connectivity index (χ1) is 11.3. The van der Waals surface area contributed by atoms with Crippen LogP contribution in [-0.2, 0) is 4.84 Å². The van der Waals surface area contributed by atoms with Gasteiger partial charge in [-0.3, -0.25) is 0 Å². The predicted octanol–water partition coefficient (Wildman–Crippen LogP) is 6.89. The molecule has 23 heavy (non-hydrogen) atoms. The molecular weight excluding hydrogens is 282 g/mol. The van der Waals surface area contributed by atoms with E-state index in [4.69, 9.17) is 4.84 Å². The number of hydroxylamine groups is 1. The Bertz CT molecular complexity index is 216. The Kier molecular flexibility index (Phi) is 18.2. The average Bonchev–Trinajstić information content (AvgIpc) is 2.58. The van der Waals surface area contributed by atoms with E-state index in [0.717, 1.165) is 18.4 Å². The van der Waals surface area contributed by atoms with Crippen LogP contribution in [-0.4, -0.2) is 13.7 Å². The number of hydrogen-bond acceptors (Lipinski definition) is 2. The van der Waals surface area contributed by atoms with Crippen molar-refractivity contribution in [1.82, 2.24) is 5.48 Å². The fourth-order valence-electron chi connectivity index (χ4n) is 3.56. The van der Waals surface area contributed by atoms with Crippen molar-refractivity contribution in [3.63, 3.8) is 0 Å². The maximum atomic E-state index is 4.96. The summed E-state index contributed by atoms with van der Waals surface area (Å²) < 4.78 is 0. The zero-order chi connectivity index (χ0) is 17.2. The zero-order valence-corrected chi connectivity index (χ0v) is 16.7. The highest BCUT2D eigenvalue weighted by Crippen LogP contribution is 2.21. The third-order valence-corrected chi connectivity index (χ3v) is 5.39. The summed E-state index contributed by atoms with van der Waals surface area (Å²) in [5.74, 6) is 1.88. The van der Waals surface area contributed by atoms with Gasteiger partial charge in [0.2, 0.25) is 0 Å². The van der Waals surface area contributed by atoms with Crippen LogP contribution in [0.5, 0.6) is 0 Å². The number of hydrogen-bond donors (Lipinski definition) is 1. The van der Waals surface area contributed by atoms with Crippen LogP contribution in [0.1, 0.15) is 111 Å². The Morgan fingerprint density at radius 3 is 1.70 bits per heavy atom. The van der Waals surface area contributed by atoms with Crippen LogP contribution in [0.2, 0.25) is 0 Å². The largest absolute Gasteiger partial charge is 0.305 e. The average molecular weight is 328 g/mol. The van der Waals surface area contributed by atoms with E-state index in [2.05, 4.69) is 26.3 Å². The summed E-state index contributed by atoms with van der Waals surface area (Å²) in [7, 11) is 1.71. The second-order valence-electron chi connectivity index (χ2n) is 7.28. The van der Waals surface area contributed by atoms with Gasteiger partial charge in [-0.25, -0.2) is 5.48 Å². The SMILES string of the molecule is CCCCC(CCCCCCCCC(CC)CC)CCNOC. The van der Waals surface area contributed by atoms with E-state index in [9.17, 15) is 0 Å². The molecule has 0 fully saturated rings. The molecule has 0 aliphatic carbocycles. The van der Waals surface area contributed by atoms with Crippen LogP contribution in [0, 0.1) is 11.8 Å². The van der Waals surface area contributed by atoms with E-state index in [1.807, 2.05) is 0 Å². The van der Waals surface area contributed by atoms with Crippen LogP contribution < -0.4 is 5.48 Å². The van der Waals surface area contributed by atoms with E-state index >= 15 is 0 Å². The minimum atomic E-state index is 0.896. The van der Waals surface area contributed by atoms with Crippen LogP contribution in [0.15, 0.2) is 0 Å². The van der Waals surface area contributed by atoms with Gasteiger partial charge in [-0.05, 0) is 18.3 Å². The van der Waals surface area contributed by atoms with Crippen molar-refractivity contribution in [2.24, 2.45) is 11.8 Å². The summed E-state index contributed by atoms with van der Waals surface area (Å²) in [6.45, 7) is 7.98. The first kappa shape index (κ1) is 22.9. The molecule has 0 amide bonds. The summed E-state index contributed by atoms with van der Waals surface area (Å²) in [5.41, 5.74) is 3.00. The Hall–Kier alpha value is -0.0800. The van der Waals surface area contributed by atoms with Gasteiger partial charge in [-0.2, -0.15) is 0 Å². The minimum Gasteiger partial charge on any atom is -0.305 e. The molecule has 2 nitrogen and oxygen atoms in total. The highest BCUT2D eigenvalue weighted by molar-refractivity contribution is 4.61. The Morgan fingerprint density at radius 2 is 1.17 bits per heavy atom. The molecule has 0 saturated heterocycles. The topological polar surface area (TPSA) is 21.3 Å².